The van der Waals surface area contributed by atoms with Crippen LogP contribution in [0.25, 0.3) is 10.2 Å². The molecule has 0 aliphatic heterocycles. The van der Waals surface area contributed by atoms with Gasteiger partial charge in [-0.1, -0.05) is 30.0 Å². The fourth-order valence-electron chi connectivity index (χ4n) is 5.59. The first-order valence-electron chi connectivity index (χ1n) is 17.1. The largest absolute Gasteiger partial charge is 0.488 e. The Hall–Kier alpha value is -6.01. The van der Waals surface area contributed by atoms with Crippen LogP contribution in [-0.4, -0.2) is 45.9 Å². The Labute approximate surface area is 318 Å². The summed E-state index contributed by atoms with van der Waals surface area (Å²) in [5, 5.41) is 4.90. The van der Waals surface area contributed by atoms with Gasteiger partial charge in [0, 0.05) is 18.1 Å². The maximum Gasteiger partial charge on any atom is 0.343 e. The number of nitrogens with zero attached hydrogens (tertiary/aromatic N) is 2. The van der Waals surface area contributed by atoms with Crippen molar-refractivity contribution in [3.8, 4) is 23.0 Å². The number of hydrogen-bond acceptors (Lipinski definition) is 12. The van der Waals surface area contributed by atoms with Crippen molar-refractivity contribution in [1.82, 2.24) is 4.98 Å². The van der Waals surface area contributed by atoms with Gasteiger partial charge in [0.05, 0.1) is 27.6 Å². The standard InChI is InChI=1S/C42H43N3O8S/c1-9-36(46)53-42(7,8)26-41(5,6)52-31-20-16-27(17-21-31)37(47)49-32-22-23-34(50-38(48)28-14-18-30(19-15-28)51-40(2,3)4)29(24-32)25-43-45-39-44-33-12-10-11-13-35(33)54-39/h9-25H,1,26H2,2-8H3,(H,44,45)/b43-25+. The average Bonchev–Trinajstić information content (AvgIpc) is 3.51. The van der Waals surface area contributed by atoms with E-state index in [1.54, 1.807) is 68.4 Å². The van der Waals surface area contributed by atoms with Gasteiger partial charge in [0.15, 0.2) is 0 Å². The van der Waals surface area contributed by atoms with Gasteiger partial charge in [-0.15, -0.1) is 0 Å². The van der Waals surface area contributed by atoms with Crippen molar-refractivity contribution in [1.29, 1.82) is 0 Å². The van der Waals surface area contributed by atoms with Crippen molar-refractivity contribution >= 4 is 50.8 Å². The van der Waals surface area contributed by atoms with Crippen molar-refractivity contribution in [2.75, 3.05) is 5.43 Å². The number of aromatic nitrogens is 1. The van der Waals surface area contributed by atoms with E-state index in [2.05, 4.69) is 22.1 Å². The Kier molecular flexibility index (Phi) is 11.9. The average molecular weight is 750 g/mol. The lowest BCUT2D eigenvalue weighted by Crippen LogP contribution is -2.40. The Morgan fingerprint density at radius 2 is 1.35 bits per heavy atom. The number of para-hydroxylation sites is 1. The van der Waals surface area contributed by atoms with Crippen LogP contribution in [0, 0.1) is 0 Å². The van der Waals surface area contributed by atoms with Crippen molar-refractivity contribution < 1.29 is 38.1 Å². The lowest BCUT2D eigenvalue weighted by molar-refractivity contribution is -0.154. The van der Waals surface area contributed by atoms with Gasteiger partial charge < -0.3 is 23.7 Å². The number of ether oxygens (including phenoxy) is 5. The van der Waals surface area contributed by atoms with Crippen molar-refractivity contribution in [3.05, 3.63) is 120 Å². The molecule has 1 N–H and O–H groups in total. The Morgan fingerprint density at radius 3 is 1.96 bits per heavy atom. The summed E-state index contributed by atoms with van der Waals surface area (Å²) >= 11 is 1.44. The zero-order valence-electron chi connectivity index (χ0n) is 31.3. The van der Waals surface area contributed by atoms with Gasteiger partial charge in [-0.25, -0.2) is 19.4 Å². The molecule has 280 valence electrons. The van der Waals surface area contributed by atoms with E-state index in [-0.39, 0.29) is 22.7 Å². The second kappa shape index (κ2) is 16.3. The van der Waals surface area contributed by atoms with Gasteiger partial charge >= 0.3 is 17.9 Å². The first-order valence-corrected chi connectivity index (χ1v) is 18.0. The van der Waals surface area contributed by atoms with E-state index in [0.717, 1.165) is 16.3 Å². The number of benzene rings is 4. The van der Waals surface area contributed by atoms with E-state index in [1.807, 2.05) is 58.9 Å². The molecule has 0 saturated carbocycles. The third-order valence-electron chi connectivity index (χ3n) is 7.45. The summed E-state index contributed by atoms with van der Waals surface area (Å²) in [5.41, 5.74) is 2.83. The molecular weight excluding hydrogens is 707 g/mol. The van der Waals surface area contributed by atoms with Gasteiger partial charge in [-0.05, 0) is 127 Å². The summed E-state index contributed by atoms with van der Waals surface area (Å²) in [6, 6.07) is 25.5. The fourth-order valence-corrected chi connectivity index (χ4v) is 6.40. The minimum atomic E-state index is -0.797. The molecule has 0 saturated heterocycles. The molecule has 1 aromatic heterocycles. The zero-order chi connectivity index (χ0) is 39.1. The number of hydrazone groups is 1. The molecule has 0 atom stereocenters. The molecule has 0 bridgehead atoms. The van der Waals surface area contributed by atoms with Crippen LogP contribution >= 0.6 is 11.3 Å². The summed E-state index contributed by atoms with van der Waals surface area (Å²) in [6.45, 7) is 16.6. The molecule has 5 aromatic rings. The highest BCUT2D eigenvalue weighted by Crippen LogP contribution is 2.30. The maximum absolute atomic E-state index is 13.2. The van der Waals surface area contributed by atoms with E-state index >= 15 is 0 Å². The summed E-state index contributed by atoms with van der Waals surface area (Å²) in [5.74, 6) is -0.192. The molecule has 0 aliphatic carbocycles. The van der Waals surface area contributed by atoms with Gasteiger partial charge in [0.25, 0.3) is 0 Å². The van der Waals surface area contributed by atoms with Crippen LogP contribution in [0.4, 0.5) is 5.13 Å². The monoisotopic (exact) mass is 749 g/mol. The van der Waals surface area contributed by atoms with Crippen LogP contribution in [0.5, 0.6) is 23.0 Å². The topological polar surface area (TPSA) is 135 Å². The quantitative estimate of drug-likeness (QED) is 0.0385. The highest BCUT2D eigenvalue weighted by molar-refractivity contribution is 7.22. The Morgan fingerprint density at radius 1 is 0.759 bits per heavy atom. The van der Waals surface area contributed by atoms with Gasteiger partial charge in [0.2, 0.25) is 5.13 Å². The summed E-state index contributed by atoms with van der Waals surface area (Å²) in [6.07, 6.45) is 2.98. The van der Waals surface area contributed by atoms with Crippen LogP contribution in [-0.2, 0) is 9.53 Å². The molecule has 0 unspecified atom stereocenters. The predicted octanol–water partition coefficient (Wildman–Crippen LogP) is 9.41. The first kappa shape index (κ1) is 39.2. The Balaban J connectivity index is 1.30. The molecule has 0 spiro atoms. The number of thiazole rings is 1. The number of carbonyl (C=O) groups is 3. The van der Waals surface area contributed by atoms with Crippen molar-refractivity contribution in [2.24, 2.45) is 5.10 Å². The predicted molar refractivity (Wildman–Crippen MR) is 210 cm³/mol. The van der Waals surface area contributed by atoms with Gasteiger partial charge in [-0.2, -0.15) is 5.10 Å². The van der Waals surface area contributed by atoms with E-state index in [1.165, 1.54) is 29.7 Å². The number of esters is 3. The second-order valence-corrected chi connectivity index (χ2v) is 15.6. The lowest BCUT2D eigenvalue weighted by atomic mass is 9.92. The lowest BCUT2D eigenvalue weighted by Gasteiger charge is -2.34. The van der Waals surface area contributed by atoms with Crippen LogP contribution in [0.3, 0.4) is 0 Å². The number of fused-ring (bicyclic) bond motifs is 1. The third-order valence-corrected chi connectivity index (χ3v) is 8.39. The number of anilines is 1. The molecule has 0 radical (unpaired) electrons. The van der Waals surface area contributed by atoms with Crippen LogP contribution < -0.4 is 24.4 Å². The molecule has 1 heterocycles. The molecular formula is C42H43N3O8S. The molecule has 5 rings (SSSR count). The number of hydrogen-bond donors (Lipinski definition) is 1. The molecule has 0 aliphatic rings. The van der Waals surface area contributed by atoms with Crippen LogP contribution in [0.15, 0.2) is 109 Å². The zero-order valence-corrected chi connectivity index (χ0v) is 32.1. The van der Waals surface area contributed by atoms with Gasteiger partial charge in [-0.3, -0.25) is 5.43 Å². The van der Waals surface area contributed by atoms with Crippen LogP contribution in [0.1, 0.15) is 81.2 Å². The van der Waals surface area contributed by atoms with E-state index in [9.17, 15) is 14.4 Å². The molecule has 4 aromatic carbocycles. The highest BCUT2D eigenvalue weighted by Gasteiger charge is 2.33. The first-order chi connectivity index (χ1) is 25.5. The minimum absolute atomic E-state index is 0.191. The fraction of sp³-hybridized carbons (Fsp3) is 0.262. The number of nitrogens with one attached hydrogen (secondary N) is 1. The van der Waals surface area contributed by atoms with E-state index < -0.39 is 29.1 Å². The maximum atomic E-state index is 13.2. The summed E-state index contributed by atoms with van der Waals surface area (Å²) in [7, 11) is 0. The highest BCUT2D eigenvalue weighted by atomic mass is 32.1. The number of rotatable bonds is 14. The second-order valence-electron chi connectivity index (χ2n) is 14.5. The molecule has 54 heavy (non-hydrogen) atoms. The Bertz CT molecular complexity index is 2130. The minimum Gasteiger partial charge on any atom is -0.488 e. The summed E-state index contributed by atoms with van der Waals surface area (Å²) < 4.78 is 30.0. The SMILES string of the molecule is C=CC(=O)OC(C)(C)CC(C)(C)Oc1ccc(C(=O)Oc2ccc(OC(=O)c3ccc(OC(C)(C)C)cc3)c(/C=N/Nc3nc4ccccc4s3)c2)cc1. The normalized spacial score (nSPS) is 11.9. The number of carbonyl (C=O) groups excluding carboxylic acids is 3. The molecule has 0 fully saturated rings. The molecule has 11 nitrogen and oxygen atoms in total. The smallest absolute Gasteiger partial charge is 0.343 e. The van der Waals surface area contributed by atoms with Crippen molar-refractivity contribution in [2.45, 2.75) is 71.7 Å². The van der Waals surface area contributed by atoms with E-state index in [4.69, 9.17) is 23.7 Å². The molecule has 12 heteroatoms. The third kappa shape index (κ3) is 11.2. The van der Waals surface area contributed by atoms with Crippen molar-refractivity contribution in [3.63, 3.8) is 0 Å². The summed E-state index contributed by atoms with van der Waals surface area (Å²) in [4.78, 5) is 42.7. The molecule has 0 amide bonds. The van der Waals surface area contributed by atoms with E-state index in [0.29, 0.717) is 34.2 Å². The van der Waals surface area contributed by atoms with Gasteiger partial charge in [0.1, 0.15) is 39.8 Å². The van der Waals surface area contributed by atoms with Crippen LogP contribution in [0.2, 0.25) is 0 Å².